The minimum atomic E-state index is -0.419. The Labute approximate surface area is 83.6 Å². The third kappa shape index (κ3) is 2.22. The molecule has 0 radical (unpaired) electrons. The van der Waals surface area contributed by atoms with E-state index in [1.54, 1.807) is 6.07 Å². The van der Waals surface area contributed by atoms with Crippen LogP contribution in [0, 0.1) is 17.8 Å². The molecule has 0 spiro atoms. The molecule has 2 nitrogen and oxygen atoms in total. The van der Waals surface area contributed by atoms with Crippen LogP contribution >= 0.6 is 0 Å². The molecule has 1 aromatic heterocycles. The molecule has 1 aromatic rings. The number of anilines is 1. The lowest BCUT2D eigenvalue weighted by atomic mass is 9.76. The van der Waals surface area contributed by atoms with Crippen LogP contribution in [0.25, 0.3) is 0 Å². The summed E-state index contributed by atoms with van der Waals surface area (Å²) in [7, 11) is 0. The van der Waals surface area contributed by atoms with Crippen molar-refractivity contribution in [3.8, 4) is 0 Å². The third-order valence-corrected chi connectivity index (χ3v) is 2.79. The zero-order valence-corrected chi connectivity index (χ0v) is 8.33. The highest BCUT2D eigenvalue weighted by molar-refractivity contribution is 5.41. The number of hydrogen-bond donors (Lipinski definition) is 1. The number of rotatable bonds is 3. The summed E-state index contributed by atoms with van der Waals surface area (Å²) in [4.78, 5) is 3.51. The van der Waals surface area contributed by atoms with Crippen LogP contribution in [-0.4, -0.2) is 11.5 Å². The molecule has 76 valence electrons. The van der Waals surface area contributed by atoms with E-state index in [4.69, 9.17) is 0 Å². The molecule has 3 heteroatoms. The lowest BCUT2D eigenvalue weighted by Crippen LogP contribution is -2.27. The molecule has 1 aliphatic carbocycles. The van der Waals surface area contributed by atoms with Crippen LogP contribution in [0.2, 0.25) is 0 Å². The molecule has 1 aliphatic rings. The summed E-state index contributed by atoms with van der Waals surface area (Å²) in [6, 6.07) is 3.23. The predicted molar refractivity (Wildman–Crippen MR) is 54.6 cm³/mol. The Hall–Kier alpha value is -1.12. The number of hydrogen-bond acceptors (Lipinski definition) is 2. The van der Waals surface area contributed by atoms with Crippen molar-refractivity contribution in [1.82, 2.24) is 4.98 Å². The molecular formula is C11H15FN2. The highest BCUT2D eigenvalue weighted by atomic mass is 19.1. The minimum absolute atomic E-state index is 0.419. The first-order valence-corrected chi connectivity index (χ1v) is 5.09. The second-order valence-electron chi connectivity index (χ2n) is 4.19. The van der Waals surface area contributed by atoms with Crippen LogP contribution in [0.1, 0.15) is 19.8 Å². The maximum Gasteiger partial charge on any atom is 0.214 e. The standard InChI is InChI=1S/C11H15FN2/c1-8-4-9(5-8)7-14-10-2-3-13-11(12)6-10/h2-3,6,8-9H,4-5,7H2,1H3,(H,13,14). The average molecular weight is 194 g/mol. The van der Waals surface area contributed by atoms with E-state index in [0.29, 0.717) is 0 Å². The number of aromatic nitrogens is 1. The molecule has 1 fully saturated rings. The van der Waals surface area contributed by atoms with Crippen molar-refractivity contribution in [2.24, 2.45) is 11.8 Å². The molecule has 0 amide bonds. The van der Waals surface area contributed by atoms with E-state index in [1.807, 2.05) is 0 Å². The Balaban J connectivity index is 1.80. The average Bonchev–Trinajstić information content (AvgIpc) is 2.11. The summed E-state index contributed by atoms with van der Waals surface area (Å²) >= 11 is 0. The number of nitrogens with zero attached hydrogens (tertiary/aromatic N) is 1. The second kappa shape index (κ2) is 3.95. The third-order valence-electron chi connectivity index (χ3n) is 2.79. The fourth-order valence-electron chi connectivity index (χ4n) is 2.01. The summed E-state index contributed by atoms with van der Waals surface area (Å²) < 4.78 is 12.7. The van der Waals surface area contributed by atoms with E-state index < -0.39 is 5.95 Å². The topological polar surface area (TPSA) is 24.9 Å². The van der Waals surface area contributed by atoms with Gasteiger partial charge in [-0.2, -0.15) is 4.39 Å². The maximum absolute atomic E-state index is 12.7. The van der Waals surface area contributed by atoms with Crippen molar-refractivity contribution in [3.05, 3.63) is 24.3 Å². The van der Waals surface area contributed by atoms with Crippen molar-refractivity contribution in [1.29, 1.82) is 0 Å². The van der Waals surface area contributed by atoms with Gasteiger partial charge < -0.3 is 5.32 Å². The van der Waals surface area contributed by atoms with E-state index >= 15 is 0 Å². The van der Waals surface area contributed by atoms with Crippen molar-refractivity contribution < 1.29 is 4.39 Å². The molecule has 0 saturated heterocycles. The molecular weight excluding hydrogens is 179 g/mol. The molecule has 0 unspecified atom stereocenters. The summed E-state index contributed by atoms with van der Waals surface area (Å²) in [5.74, 6) is 1.22. The van der Waals surface area contributed by atoms with E-state index in [-0.39, 0.29) is 0 Å². The summed E-state index contributed by atoms with van der Waals surface area (Å²) in [6.45, 7) is 3.22. The van der Waals surface area contributed by atoms with Gasteiger partial charge in [0, 0.05) is 24.5 Å². The second-order valence-corrected chi connectivity index (χ2v) is 4.19. The van der Waals surface area contributed by atoms with Gasteiger partial charge in [-0.15, -0.1) is 0 Å². The number of nitrogens with one attached hydrogen (secondary N) is 1. The summed E-state index contributed by atoms with van der Waals surface area (Å²) in [6.07, 6.45) is 4.07. The van der Waals surface area contributed by atoms with Crippen LogP contribution in [0.3, 0.4) is 0 Å². The zero-order chi connectivity index (χ0) is 9.97. The Morgan fingerprint density at radius 1 is 1.57 bits per heavy atom. The quantitative estimate of drug-likeness (QED) is 0.748. The molecule has 14 heavy (non-hydrogen) atoms. The Morgan fingerprint density at radius 2 is 2.36 bits per heavy atom. The van der Waals surface area contributed by atoms with Crippen molar-refractivity contribution >= 4 is 5.69 Å². The van der Waals surface area contributed by atoms with Gasteiger partial charge >= 0.3 is 0 Å². The summed E-state index contributed by atoms with van der Waals surface area (Å²) in [5, 5.41) is 3.23. The lowest BCUT2D eigenvalue weighted by molar-refractivity contribution is 0.225. The first-order valence-electron chi connectivity index (χ1n) is 5.09. The Kier molecular flexibility index (Phi) is 2.66. The first kappa shape index (κ1) is 9.44. The van der Waals surface area contributed by atoms with Crippen molar-refractivity contribution in [3.63, 3.8) is 0 Å². The van der Waals surface area contributed by atoms with Gasteiger partial charge in [-0.3, -0.25) is 0 Å². The number of pyridine rings is 1. The smallest absolute Gasteiger partial charge is 0.214 e. The largest absolute Gasteiger partial charge is 0.385 e. The van der Waals surface area contributed by atoms with E-state index in [9.17, 15) is 4.39 Å². The first-order chi connectivity index (χ1) is 6.74. The SMILES string of the molecule is CC1CC(CNc2ccnc(F)c2)C1. The highest BCUT2D eigenvalue weighted by Gasteiger charge is 2.24. The van der Waals surface area contributed by atoms with Crippen LogP contribution in [0.4, 0.5) is 10.1 Å². The van der Waals surface area contributed by atoms with E-state index in [0.717, 1.165) is 24.1 Å². The zero-order valence-electron chi connectivity index (χ0n) is 8.33. The van der Waals surface area contributed by atoms with Crippen molar-refractivity contribution in [2.75, 3.05) is 11.9 Å². The fraction of sp³-hybridized carbons (Fsp3) is 0.545. The van der Waals surface area contributed by atoms with Crippen LogP contribution in [0.15, 0.2) is 18.3 Å². The van der Waals surface area contributed by atoms with Gasteiger partial charge in [-0.1, -0.05) is 6.92 Å². The molecule has 1 heterocycles. The molecule has 0 aliphatic heterocycles. The van der Waals surface area contributed by atoms with Crippen LogP contribution in [-0.2, 0) is 0 Å². The lowest BCUT2D eigenvalue weighted by Gasteiger charge is -2.32. The molecule has 2 rings (SSSR count). The van der Waals surface area contributed by atoms with Gasteiger partial charge in [0.25, 0.3) is 0 Å². The molecule has 1 saturated carbocycles. The van der Waals surface area contributed by atoms with E-state index in [2.05, 4.69) is 17.2 Å². The maximum atomic E-state index is 12.7. The monoisotopic (exact) mass is 194 g/mol. The molecule has 0 atom stereocenters. The van der Waals surface area contributed by atoms with Crippen LogP contribution < -0.4 is 5.32 Å². The van der Waals surface area contributed by atoms with Crippen molar-refractivity contribution in [2.45, 2.75) is 19.8 Å². The van der Waals surface area contributed by atoms with Crippen LogP contribution in [0.5, 0.6) is 0 Å². The molecule has 1 N–H and O–H groups in total. The normalized spacial score (nSPS) is 25.6. The van der Waals surface area contributed by atoms with Gasteiger partial charge in [0.05, 0.1) is 0 Å². The van der Waals surface area contributed by atoms with E-state index in [1.165, 1.54) is 25.1 Å². The molecule has 0 aromatic carbocycles. The molecule has 0 bridgehead atoms. The Bertz CT molecular complexity index is 308. The van der Waals surface area contributed by atoms with Gasteiger partial charge in [0.2, 0.25) is 5.95 Å². The van der Waals surface area contributed by atoms with Gasteiger partial charge in [0.15, 0.2) is 0 Å². The highest BCUT2D eigenvalue weighted by Crippen LogP contribution is 2.32. The predicted octanol–water partition coefficient (Wildman–Crippen LogP) is 2.68. The Morgan fingerprint density at radius 3 is 3.00 bits per heavy atom. The van der Waals surface area contributed by atoms with Gasteiger partial charge in [-0.05, 0) is 30.7 Å². The summed E-state index contributed by atoms with van der Waals surface area (Å²) in [5.41, 5.74) is 0.831. The van der Waals surface area contributed by atoms with Gasteiger partial charge in [-0.25, -0.2) is 4.98 Å². The van der Waals surface area contributed by atoms with Gasteiger partial charge in [0.1, 0.15) is 0 Å². The number of halogens is 1. The minimum Gasteiger partial charge on any atom is -0.385 e. The fourth-order valence-corrected chi connectivity index (χ4v) is 2.01.